The largest absolute Gasteiger partial charge is 0.497 e. The monoisotopic (exact) mass is 478 g/mol. The van der Waals surface area contributed by atoms with E-state index in [0.29, 0.717) is 0 Å². The van der Waals surface area contributed by atoms with Gasteiger partial charge in [0.1, 0.15) is 11.5 Å². The Morgan fingerprint density at radius 1 is 0.879 bits per heavy atom. The van der Waals surface area contributed by atoms with E-state index in [-0.39, 0.29) is 6.71 Å². The van der Waals surface area contributed by atoms with Crippen LogP contribution in [0.5, 0.6) is 11.5 Å². The molecule has 0 aliphatic heterocycles. The van der Waals surface area contributed by atoms with E-state index in [2.05, 4.69) is 17.1 Å². The molecule has 3 aromatic carbocycles. The highest BCUT2D eigenvalue weighted by Gasteiger charge is 2.24. The third-order valence-electron chi connectivity index (χ3n) is 5.12. The van der Waals surface area contributed by atoms with Crippen molar-refractivity contribution < 1.29 is 9.47 Å². The van der Waals surface area contributed by atoms with Crippen LogP contribution in [0.4, 0.5) is 0 Å². The molecule has 0 aliphatic rings. The predicted octanol–water partition coefficient (Wildman–Crippen LogP) is 5.59. The summed E-state index contributed by atoms with van der Waals surface area (Å²) < 4.78 is 12.9. The Kier molecular flexibility index (Phi) is 9.49. The summed E-state index contributed by atoms with van der Waals surface area (Å²) in [7, 11) is 3.38. The van der Waals surface area contributed by atoms with Gasteiger partial charge in [-0.05, 0) is 47.0 Å². The molecular formula is C26H25BCl2N2O2. The van der Waals surface area contributed by atoms with Gasteiger partial charge in [-0.1, -0.05) is 77.8 Å². The molecule has 4 aromatic rings. The minimum Gasteiger partial charge on any atom is -0.497 e. The molecule has 0 radical (unpaired) electrons. The van der Waals surface area contributed by atoms with Gasteiger partial charge in [-0.3, -0.25) is 0 Å². The summed E-state index contributed by atoms with van der Waals surface area (Å²) in [6.45, 7) is 0.132. The molecule has 0 fully saturated rings. The Morgan fingerprint density at radius 3 is 1.97 bits per heavy atom. The maximum absolute atomic E-state index is 5.97. The number of benzene rings is 3. The van der Waals surface area contributed by atoms with Crippen molar-refractivity contribution in [1.29, 1.82) is 0 Å². The van der Waals surface area contributed by atoms with Gasteiger partial charge in [-0.15, -0.1) is 0 Å². The number of ether oxygens (including phenoxy) is 2. The zero-order valence-corrected chi connectivity index (χ0v) is 20.1. The summed E-state index contributed by atoms with van der Waals surface area (Å²) in [4.78, 5) is 3.94. The lowest BCUT2D eigenvalue weighted by Gasteiger charge is -2.18. The zero-order chi connectivity index (χ0) is 23.5. The minimum absolute atomic E-state index is 0.132. The minimum atomic E-state index is 0.132. The highest BCUT2D eigenvalue weighted by atomic mass is 35.5. The number of methoxy groups -OCH3 is 2. The standard InChI is InChI=1S/C17H18BClO2.C9H7ClN2/c1-20-16-10-5-3-8-14(16)18(12-7-13-19)15-9-4-6-11-17(15)21-2;10-8-3-1-2-4-9(8)12-6-5-11-7-12/h3-11,13H,12H2,1-2H3;1-7H. The molecule has 0 N–H and O–H groups in total. The van der Waals surface area contributed by atoms with Gasteiger partial charge in [-0.2, -0.15) is 0 Å². The molecule has 0 aliphatic carbocycles. The average Bonchev–Trinajstić information content (AvgIpc) is 3.40. The number of para-hydroxylation sites is 3. The van der Waals surface area contributed by atoms with Crippen LogP contribution in [-0.4, -0.2) is 30.5 Å². The van der Waals surface area contributed by atoms with E-state index in [9.17, 15) is 0 Å². The van der Waals surface area contributed by atoms with Crippen LogP contribution in [0.3, 0.4) is 0 Å². The van der Waals surface area contributed by atoms with Crippen molar-refractivity contribution >= 4 is 40.8 Å². The Bertz CT molecular complexity index is 1120. The van der Waals surface area contributed by atoms with Crippen LogP contribution in [-0.2, 0) is 0 Å². The highest BCUT2D eigenvalue weighted by molar-refractivity contribution is 6.86. The number of halogens is 2. The van der Waals surface area contributed by atoms with Crippen LogP contribution in [0.25, 0.3) is 5.69 Å². The van der Waals surface area contributed by atoms with E-state index >= 15 is 0 Å². The van der Waals surface area contributed by atoms with Gasteiger partial charge < -0.3 is 14.0 Å². The van der Waals surface area contributed by atoms with E-state index < -0.39 is 0 Å². The van der Waals surface area contributed by atoms with E-state index in [1.54, 1.807) is 32.3 Å². The quantitative estimate of drug-likeness (QED) is 0.325. The highest BCUT2D eigenvalue weighted by Crippen LogP contribution is 2.18. The Morgan fingerprint density at radius 2 is 1.45 bits per heavy atom. The Hall–Kier alpha value is -3.15. The summed E-state index contributed by atoms with van der Waals surface area (Å²) >= 11 is 11.7. The molecule has 1 heterocycles. The molecular weight excluding hydrogens is 454 g/mol. The first-order chi connectivity index (χ1) is 16.2. The molecule has 0 atom stereocenters. The van der Waals surface area contributed by atoms with E-state index in [1.165, 1.54) is 0 Å². The molecule has 0 saturated carbocycles. The number of hydrogen-bond acceptors (Lipinski definition) is 3. The molecule has 4 rings (SSSR count). The van der Waals surface area contributed by atoms with Gasteiger partial charge in [-0.25, -0.2) is 4.98 Å². The molecule has 0 amide bonds. The summed E-state index contributed by atoms with van der Waals surface area (Å²) in [5, 5.41) is 0.732. The van der Waals surface area contributed by atoms with Crippen LogP contribution in [0.2, 0.25) is 11.3 Å². The van der Waals surface area contributed by atoms with E-state index in [1.807, 2.05) is 77.5 Å². The first-order valence-electron chi connectivity index (χ1n) is 10.4. The Balaban J connectivity index is 0.000000215. The third kappa shape index (κ3) is 6.44. The lowest BCUT2D eigenvalue weighted by Crippen LogP contribution is -2.42. The summed E-state index contributed by atoms with van der Waals surface area (Å²) in [6.07, 6.45) is 8.04. The topological polar surface area (TPSA) is 36.3 Å². The fourth-order valence-electron chi connectivity index (χ4n) is 3.58. The molecule has 7 heteroatoms. The smallest absolute Gasteiger partial charge is 0.222 e. The number of aromatic nitrogens is 2. The number of imidazole rings is 1. The fraction of sp³-hybridized carbons (Fsp3) is 0.115. The summed E-state index contributed by atoms with van der Waals surface area (Å²) in [6, 6.07) is 23.7. The fourth-order valence-corrected chi connectivity index (χ4v) is 3.92. The van der Waals surface area contributed by atoms with Crippen molar-refractivity contribution in [3.63, 3.8) is 0 Å². The van der Waals surface area contributed by atoms with Crippen molar-refractivity contribution in [3.05, 3.63) is 108 Å². The van der Waals surface area contributed by atoms with Crippen molar-refractivity contribution in [2.24, 2.45) is 0 Å². The first-order valence-corrected chi connectivity index (χ1v) is 11.2. The van der Waals surface area contributed by atoms with Gasteiger partial charge in [0, 0.05) is 12.4 Å². The number of allylic oxidation sites excluding steroid dienone is 1. The second-order valence-corrected chi connectivity index (χ2v) is 7.71. The zero-order valence-electron chi connectivity index (χ0n) is 18.6. The molecule has 0 unspecified atom stereocenters. The van der Waals surface area contributed by atoms with Crippen LogP contribution >= 0.6 is 23.2 Å². The number of hydrogen-bond donors (Lipinski definition) is 0. The normalized spacial score (nSPS) is 10.4. The third-order valence-corrected chi connectivity index (χ3v) is 5.62. The summed E-state index contributed by atoms with van der Waals surface area (Å²) in [5.74, 6) is 1.74. The molecule has 0 saturated heterocycles. The molecule has 33 heavy (non-hydrogen) atoms. The average molecular weight is 479 g/mol. The van der Waals surface area contributed by atoms with Crippen LogP contribution < -0.4 is 20.4 Å². The SMILES string of the molecule is COc1ccccc1B(CC=CCl)c1ccccc1OC.Clc1ccccc1-n1ccnc1. The lowest BCUT2D eigenvalue weighted by atomic mass is 9.38. The predicted molar refractivity (Wildman–Crippen MR) is 139 cm³/mol. The first kappa shape index (κ1) is 24.5. The number of rotatable bonds is 7. The maximum Gasteiger partial charge on any atom is 0.222 e. The maximum atomic E-state index is 5.97. The molecule has 1 aromatic heterocycles. The van der Waals surface area contributed by atoms with Gasteiger partial charge >= 0.3 is 0 Å². The lowest BCUT2D eigenvalue weighted by molar-refractivity contribution is 0.417. The molecule has 168 valence electrons. The van der Waals surface area contributed by atoms with Crippen molar-refractivity contribution in [2.45, 2.75) is 6.32 Å². The van der Waals surface area contributed by atoms with E-state index in [4.69, 9.17) is 32.7 Å². The molecule has 0 spiro atoms. The van der Waals surface area contributed by atoms with Gasteiger partial charge in [0.25, 0.3) is 0 Å². The molecule has 4 nitrogen and oxygen atoms in total. The van der Waals surface area contributed by atoms with Crippen LogP contribution in [0, 0.1) is 0 Å². The van der Waals surface area contributed by atoms with Gasteiger partial charge in [0.2, 0.25) is 6.71 Å². The second kappa shape index (κ2) is 12.8. The van der Waals surface area contributed by atoms with Crippen LogP contribution in [0.1, 0.15) is 0 Å². The van der Waals surface area contributed by atoms with Crippen molar-refractivity contribution in [1.82, 2.24) is 9.55 Å². The second-order valence-electron chi connectivity index (χ2n) is 7.06. The number of nitrogens with zero attached hydrogens (tertiary/aromatic N) is 2. The summed E-state index contributed by atoms with van der Waals surface area (Å²) in [5.41, 5.74) is 4.76. The van der Waals surface area contributed by atoms with Crippen LogP contribution in [0.15, 0.2) is 103 Å². The van der Waals surface area contributed by atoms with Crippen molar-refractivity contribution in [3.8, 4) is 17.2 Å². The van der Waals surface area contributed by atoms with Gasteiger partial charge in [0.05, 0.1) is 31.3 Å². The Labute approximate surface area is 205 Å². The van der Waals surface area contributed by atoms with Gasteiger partial charge in [0.15, 0.2) is 0 Å². The van der Waals surface area contributed by atoms with Crippen molar-refractivity contribution in [2.75, 3.05) is 14.2 Å². The van der Waals surface area contributed by atoms with E-state index in [0.717, 1.165) is 39.5 Å². The molecule has 0 bridgehead atoms.